The van der Waals surface area contributed by atoms with Crippen LogP contribution in [-0.2, 0) is 5.60 Å². The number of likely N-dealkylation sites (tertiary alicyclic amines) is 1. The molecule has 1 saturated heterocycles. The predicted octanol–water partition coefficient (Wildman–Crippen LogP) is 2.53. The fraction of sp³-hybridized carbons (Fsp3) is 0.321. The van der Waals surface area contributed by atoms with Gasteiger partial charge in [0.15, 0.2) is 0 Å². The number of nitrogens with one attached hydrogen (secondary N) is 1. The van der Waals surface area contributed by atoms with Crippen molar-refractivity contribution in [1.29, 1.82) is 5.26 Å². The summed E-state index contributed by atoms with van der Waals surface area (Å²) in [6, 6.07) is 28.9. The summed E-state index contributed by atoms with van der Waals surface area (Å²) >= 11 is 0. The van der Waals surface area contributed by atoms with E-state index in [1.807, 2.05) is 60.7 Å². The zero-order valence-corrected chi connectivity index (χ0v) is 18.7. The van der Waals surface area contributed by atoms with Crippen LogP contribution in [0.2, 0.25) is 0 Å². The number of aliphatic hydroxyl groups is 2. The van der Waals surface area contributed by atoms with Crippen molar-refractivity contribution in [3.8, 4) is 11.8 Å². The summed E-state index contributed by atoms with van der Waals surface area (Å²) in [6.45, 7) is 2.61. The Hall–Kier alpha value is -3.17. The number of hydrogen-bond acceptors (Lipinski definition) is 4. The van der Waals surface area contributed by atoms with Crippen molar-refractivity contribution >= 4 is 0 Å². The fourth-order valence-corrected chi connectivity index (χ4v) is 4.88. The molecule has 1 fully saturated rings. The number of rotatable bonds is 8. The van der Waals surface area contributed by atoms with Crippen LogP contribution in [-0.4, -0.2) is 42.6 Å². The molecule has 1 aliphatic rings. The van der Waals surface area contributed by atoms with Crippen molar-refractivity contribution in [2.24, 2.45) is 5.92 Å². The van der Waals surface area contributed by atoms with E-state index in [-0.39, 0.29) is 12.5 Å². The first-order valence-electron chi connectivity index (χ1n) is 11.6. The van der Waals surface area contributed by atoms with Crippen LogP contribution in [0.25, 0.3) is 0 Å². The van der Waals surface area contributed by atoms with Gasteiger partial charge in [-0.05, 0) is 35.4 Å². The molecule has 1 aliphatic heterocycles. The number of ether oxygens (including phenoxy) is 1. The summed E-state index contributed by atoms with van der Waals surface area (Å²) in [7, 11) is 0. The van der Waals surface area contributed by atoms with E-state index in [4.69, 9.17) is 10.00 Å². The summed E-state index contributed by atoms with van der Waals surface area (Å²) in [5, 5.41) is 31.4. The number of benzene rings is 3. The first kappa shape index (κ1) is 23.0. The predicted molar refractivity (Wildman–Crippen MR) is 127 cm³/mol. The number of nitriles is 1. The van der Waals surface area contributed by atoms with Gasteiger partial charge in [0.25, 0.3) is 0 Å². The Bertz CT molecular complexity index is 1000. The SMILES string of the molecule is N#Cc1ccc(OC[C@@H](O)C[NH+]2CCC(C(O)(c3ccccc3)c3ccccc3)CC2)cc1. The fourth-order valence-electron chi connectivity index (χ4n) is 4.88. The lowest BCUT2D eigenvalue weighted by atomic mass is 9.72. The van der Waals surface area contributed by atoms with Crippen molar-refractivity contribution in [2.75, 3.05) is 26.2 Å². The molecular formula is C28H31N2O3+. The Morgan fingerprint density at radius 2 is 1.45 bits per heavy atom. The molecule has 3 aromatic rings. The van der Waals surface area contributed by atoms with Crippen LogP contribution in [0.4, 0.5) is 0 Å². The van der Waals surface area contributed by atoms with E-state index in [0.717, 1.165) is 37.1 Å². The molecule has 1 heterocycles. The highest BCUT2D eigenvalue weighted by molar-refractivity contribution is 5.37. The molecule has 0 aliphatic carbocycles. The van der Waals surface area contributed by atoms with Crippen molar-refractivity contribution in [3.63, 3.8) is 0 Å². The van der Waals surface area contributed by atoms with Crippen LogP contribution in [0.15, 0.2) is 84.9 Å². The van der Waals surface area contributed by atoms with Crippen molar-refractivity contribution < 1.29 is 19.8 Å². The average molecular weight is 444 g/mol. The van der Waals surface area contributed by atoms with Gasteiger partial charge in [0, 0.05) is 18.8 Å². The number of hydrogen-bond donors (Lipinski definition) is 3. The van der Waals surface area contributed by atoms with E-state index in [1.165, 1.54) is 4.90 Å². The Morgan fingerprint density at radius 1 is 0.909 bits per heavy atom. The van der Waals surface area contributed by atoms with Gasteiger partial charge in [-0.25, -0.2) is 0 Å². The minimum atomic E-state index is -1.02. The normalized spacial score (nSPS) is 19.4. The highest BCUT2D eigenvalue weighted by atomic mass is 16.5. The first-order chi connectivity index (χ1) is 16.1. The third-order valence-corrected chi connectivity index (χ3v) is 6.66. The Balaban J connectivity index is 1.35. The smallest absolute Gasteiger partial charge is 0.137 e. The van der Waals surface area contributed by atoms with Gasteiger partial charge in [-0.15, -0.1) is 0 Å². The number of quaternary nitrogens is 1. The monoisotopic (exact) mass is 443 g/mol. The molecule has 0 radical (unpaired) electrons. The zero-order chi connectivity index (χ0) is 23.1. The van der Waals surface area contributed by atoms with Gasteiger partial charge in [0.05, 0.1) is 24.7 Å². The van der Waals surface area contributed by atoms with Crippen LogP contribution >= 0.6 is 0 Å². The van der Waals surface area contributed by atoms with Gasteiger partial charge in [0.1, 0.15) is 30.6 Å². The van der Waals surface area contributed by atoms with E-state index in [2.05, 4.69) is 6.07 Å². The first-order valence-corrected chi connectivity index (χ1v) is 11.6. The second-order valence-corrected chi connectivity index (χ2v) is 8.83. The van der Waals surface area contributed by atoms with E-state index in [0.29, 0.717) is 17.9 Å². The van der Waals surface area contributed by atoms with Crippen LogP contribution in [0.3, 0.4) is 0 Å². The third-order valence-electron chi connectivity index (χ3n) is 6.66. The highest BCUT2D eigenvalue weighted by Gasteiger charge is 2.42. The van der Waals surface area contributed by atoms with E-state index >= 15 is 0 Å². The molecule has 5 heteroatoms. The van der Waals surface area contributed by atoms with Crippen LogP contribution in [0.1, 0.15) is 29.5 Å². The second-order valence-electron chi connectivity index (χ2n) is 8.83. The lowest BCUT2D eigenvalue weighted by Gasteiger charge is -2.41. The lowest BCUT2D eigenvalue weighted by molar-refractivity contribution is -0.909. The minimum absolute atomic E-state index is 0.109. The second kappa shape index (κ2) is 10.6. The van der Waals surface area contributed by atoms with Crippen molar-refractivity contribution in [1.82, 2.24) is 0 Å². The summed E-state index contributed by atoms with van der Waals surface area (Å²) in [4.78, 5) is 1.32. The molecule has 4 rings (SSSR count). The summed E-state index contributed by atoms with van der Waals surface area (Å²) in [5.74, 6) is 0.760. The zero-order valence-electron chi connectivity index (χ0n) is 18.7. The molecule has 3 aromatic carbocycles. The molecular weight excluding hydrogens is 412 g/mol. The van der Waals surface area contributed by atoms with Gasteiger partial charge < -0.3 is 19.8 Å². The van der Waals surface area contributed by atoms with Crippen LogP contribution in [0.5, 0.6) is 5.75 Å². The number of piperidine rings is 1. The molecule has 0 spiro atoms. The maximum atomic E-state index is 12.0. The standard InChI is InChI=1S/C28H30N2O3/c29-19-22-11-13-27(14-12-22)33-21-26(31)20-30-17-15-25(16-18-30)28(32,23-7-3-1-4-8-23)24-9-5-2-6-10-24/h1-14,25-26,31-32H,15-18,20-21H2/p+1/t26-/m0/s1. The minimum Gasteiger partial charge on any atom is -0.491 e. The van der Waals surface area contributed by atoms with E-state index < -0.39 is 11.7 Å². The topological polar surface area (TPSA) is 77.9 Å². The van der Waals surface area contributed by atoms with Crippen molar-refractivity contribution in [2.45, 2.75) is 24.5 Å². The number of nitrogens with zero attached hydrogens (tertiary/aromatic N) is 1. The number of aliphatic hydroxyl groups excluding tert-OH is 1. The average Bonchev–Trinajstić information content (AvgIpc) is 2.89. The van der Waals surface area contributed by atoms with Gasteiger partial charge in [-0.1, -0.05) is 60.7 Å². The lowest BCUT2D eigenvalue weighted by Crippen LogP contribution is -3.14. The van der Waals surface area contributed by atoms with E-state index in [1.54, 1.807) is 24.3 Å². The Morgan fingerprint density at radius 3 is 1.97 bits per heavy atom. The van der Waals surface area contributed by atoms with E-state index in [9.17, 15) is 10.2 Å². The molecule has 0 unspecified atom stereocenters. The molecule has 0 saturated carbocycles. The maximum Gasteiger partial charge on any atom is 0.137 e. The van der Waals surface area contributed by atoms with Crippen LogP contribution in [0, 0.1) is 17.2 Å². The molecule has 0 bridgehead atoms. The Kier molecular flexibility index (Phi) is 7.41. The van der Waals surface area contributed by atoms with Crippen molar-refractivity contribution in [3.05, 3.63) is 102 Å². The van der Waals surface area contributed by atoms with Gasteiger partial charge in [-0.2, -0.15) is 5.26 Å². The summed E-state index contributed by atoms with van der Waals surface area (Å²) in [5.41, 5.74) is 1.42. The molecule has 0 amide bonds. The largest absolute Gasteiger partial charge is 0.491 e. The molecule has 1 atom stereocenters. The van der Waals surface area contributed by atoms with Gasteiger partial charge in [-0.3, -0.25) is 0 Å². The van der Waals surface area contributed by atoms with Gasteiger partial charge in [0.2, 0.25) is 0 Å². The molecule has 170 valence electrons. The maximum absolute atomic E-state index is 12.0. The molecule has 5 nitrogen and oxygen atoms in total. The molecule has 3 N–H and O–H groups in total. The quantitative estimate of drug-likeness (QED) is 0.500. The highest BCUT2D eigenvalue weighted by Crippen LogP contribution is 2.40. The molecule has 0 aromatic heterocycles. The summed E-state index contributed by atoms with van der Waals surface area (Å²) < 4.78 is 5.69. The van der Waals surface area contributed by atoms with Crippen LogP contribution < -0.4 is 9.64 Å². The molecule has 33 heavy (non-hydrogen) atoms. The van der Waals surface area contributed by atoms with Gasteiger partial charge >= 0.3 is 0 Å². The third kappa shape index (κ3) is 5.43. The Labute approximate surface area is 195 Å². The summed E-state index contributed by atoms with van der Waals surface area (Å²) in [6.07, 6.45) is 1.17.